The van der Waals surface area contributed by atoms with Crippen LogP contribution in [0.3, 0.4) is 0 Å². The van der Waals surface area contributed by atoms with E-state index in [1.54, 1.807) is 12.1 Å². The average Bonchev–Trinajstić information content (AvgIpc) is 2.36. The van der Waals surface area contributed by atoms with Gasteiger partial charge in [0.15, 0.2) is 0 Å². The highest BCUT2D eigenvalue weighted by atomic mass is 19.1. The number of carbonyl (C=O) groups excluding carboxylic acids is 1. The summed E-state index contributed by atoms with van der Waals surface area (Å²) in [4.78, 5) is 11.9. The molecule has 0 aliphatic heterocycles. The van der Waals surface area contributed by atoms with E-state index in [0.717, 1.165) is 12.8 Å². The van der Waals surface area contributed by atoms with Crippen molar-refractivity contribution in [2.75, 3.05) is 0 Å². The Labute approximate surface area is 108 Å². The Hall–Kier alpha value is -1.18. The number of hydrogen-bond acceptors (Lipinski definition) is 1. The van der Waals surface area contributed by atoms with Crippen LogP contribution in [0.15, 0.2) is 24.3 Å². The highest BCUT2D eigenvalue weighted by molar-refractivity contribution is 5.82. The van der Waals surface area contributed by atoms with E-state index in [1.807, 2.05) is 6.07 Å². The fraction of sp³-hybridized carbons (Fsp3) is 0.562. The maximum absolute atomic E-state index is 13.6. The monoisotopic (exact) mass is 248 g/mol. The molecule has 2 unspecified atom stereocenters. The SMILES string of the molecule is CCCC1CCC(=O)C(Cc2ccccc2F)C1. The molecule has 0 spiro atoms. The summed E-state index contributed by atoms with van der Waals surface area (Å²) >= 11 is 0. The number of carbonyl (C=O) groups is 1. The summed E-state index contributed by atoms with van der Waals surface area (Å²) in [6.45, 7) is 2.18. The summed E-state index contributed by atoms with van der Waals surface area (Å²) in [6.07, 6.45) is 5.60. The third-order valence-corrected chi connectivity index (χ3v) is 3.99. The molecule has 1 aliphatic rings. The first-order valence-corrected chi connectivity index (χ1v) is 6.96. The van der Waals surface area contributed by atoms with E-state index < -0.39 is 0 Å². The smallest absolute Gasteiger partial charge is 0.136 e. The van der Waals surface area contributed by atoms with Crippen molar-refractivity contribution >= 4 is 5.78 Å². The van der Waals surface area contributed by atoms with Gasteiger partial charge in [0.25, 0.3) is 0 Å². The molecule has 0 N–H and O–H groups in total. The molecule has 1 nitrogen and oxygen atoms in total. The summed E-state index contributed by atoms with van der Waals surface area (Å²) in [5.74, 6) is 0.838. The van der Waals surface area contributed by atoms with Crippen LogP contribution in [0.5, 0.6) is 0 Å². The lowest BCUT2D eigenvalue weighted by molar-refractivity contribution is -0.125. The second-order valence-corrected chi connectivity index (χ2v) is 5.39. The Morgan fingerprint density at radius 2 is 2.11 bits per heavy atom. The maximum atomic E-state index is 13.6. The Morgan fingerprint density at radius 3 is 2.83 bits per heavy atom. The predicted molar refractivity (Wildman–Crippen MR) is 70.9 cm³/mol. The van der Waals surface area contributed by atoms with Crippen LogP contribution in [0, 0.1) is 17.7 Å². The number of Topliss-reactive ketones (excluding diaryl/α,β-unsaturated/α-hetero) is 1. The minimum Gasteiger partial charge on any atom is -0.299 e. The molecule has 2 rings (SSSR count). The van der Waals surface area contributed by atoms with Crippen LogP contribution in [0.25, 0.3) is 0 Å². The topological polar surface area (TPSA) is 17.1 Å². The molecule has 18 heavy (non-hydrogen) atoms. The first kappa shape index (κ1) is 13.3. The van der Waals surface area contributed by atoms with Crippen molar-refractivity contribution in [3.63, 3.8) is 0 Å². The zero-order chi connectivity index (χ0) is 13.0. The van der Waals surface area contributed by atoms with Crippen LogP contribution < -0.4 is 0 Å². The van der Waals surface area contributed by atoms with Crippen molar-refractivity contribution in [3.05, 3.63) is 35.6 Å². The summed E-state index contributed by atoms with van der Waals surface area (Å²) in [6, 6.07) is 6.81. The third kappa shape index (κ3) is 3.18. The lowest BCUT2D eigenvalue weighted by atomic mass is 9.76. The zero-order valence-electron chi connectivity index (χ0n) is 11.0. The van der Waals surface area contributed by atoms with Gasteiger partial charge in [0.1, 0.15) is 11.6 Å². The molecule has 1 fully saturated rings. The van der Waals surface area contributed by atoms with Crippen molar-refractivity contribution in [1.29, 1.82) is 0 Å². The van der Waals surface area contributed by atoms with E-state index in [0.29, 0.717) is 30.1 Å². The van der Waals surface area contributed by atoms with Crippen molar-refractivity contribution < 1.29 is 9.18 Å². The van der Waals surface area contributed by atoms with Crippen LogP contribution in [0.1, 0.15) is 44.6 Å². The van der Waals surface area contributed by atoms with Crippen LogP contribution in [0.4, 0.5) is 4.39 Å². The number of hydrogen-bond donors (Lipinski definition) is 0. The molecule has 1 aliphatic carbocycles. The van der Waals surface area contributed by atoms with Crippen molar-refractivity contribution in [2.24, 2.45) is 11.8 Å². The van der Waals surface area contributed by atoms with Crippen molar-refractivity contribution in [2.45, 2.75) is 45.4 Å². The van der Waals surface area contributed by atoms with E-state index in [2.05, 4.69) is 6.92 Å². The minimum absolute atomic E-state index is 0.0344. The van der Waals surface area contributed by atoms with Gasteiger partial charge in [0, 0.05) is 12.3 Å². The summed E-state index contributed by atoms with van der Waals surface area (Å²) in [7, 11) is 0. The first-order chi connectivity index (χ1) is 8.70. The molecule has 1 aromatic rings. The summed E-state index contributed by atoms with van der Waals surface area (Å²) < 4.78 is 13.6. The lowest BCUT2D eigenvalue weighted by Crippen LogP contribution is -2.26. The van der Waals surface area contributed by atoms with Crippen LogP contribution >= 0.6 is 0 Å². The Morgan fingerprint density at radius 1 is 1.33 bits per heavy atom. The molecule has 0 saturated heterocycles. The van der Waals surface area contributed by atoms with E-state index in [9.17, 15) is 9.18 Å². The number of rotatable bonds is 4. The van der Waals surface area contributed by atoms with Gasteiger partial charge in [-0.1, -0.05) is 38.0 Å². The normalized spacial score (nSPS) is 24.2. The molecule has 0 bridgehead atoms. The molecule has 0 radical (unpaired) electrons. The van der Waals surface area contributed by atoms with Crippen LogP contribution in [-0.4, -0.2) is 5.78 Å². The van der Waals surface area contributed by atoms with Gasteiger partial charge >= 0.3 is 0 Å². The molecule has 2 heteroatoms. The Kier molecular flexibility index (Phi) is 4.51. The fourth-order valence-electron chi connectivity index (χ4n) is 3.00. The highest BCUT2D eigenvalue weighted by Gasteiger charge is 2.28. The Bertz CT molecular complexity index is 413. The van der Waals surface area contributed by atoms with Crippen molar-refractivity contribution in [3.8, 4) is 0 Å². The molecule has 0 amide bonds. The van der Waals surface area contributed by atoms with E-state index in [4.69, 9.17) is 0 Å². The molecule has 1 saturated carbocycles. The maximum Gasteiger partial charge on any atom is 0.136 e. The summed E-state index contributed by atoms with van der Waals surface area (Å²) in [5, 5.41) is 0. The minimum atomic E-state index is -0.178. The largest absolute Gasteiger partial charge is 0.299 e. The second kappa shape index (κ2) is 6.12. The van der Waals surface area contributed by atoms with Gasteiger partial charge in [-0.15, -0.1) is 0 Å². The molecule has 98 valence electrons. The fourth-order valence-corrected chi connectivity index (χ4v) is 3.00. The molecule has 0 heterocycles. The average molecular weight is 248 g/mol. The molecule has 1 aromatic carbocycles. The van der Waals surface area contributed by atoms with Gasteiger partial charge < -0.3 is 0 Å². The number of ketones is 1. The van der Waals surface area contributed by atoms with Gasteiger partial charge in [-0.05, 0) is 36.8 Å². The van der Waals surface area contributed by atoms with Gasteiger partial charge in [-0.3, -0.25) is 4.79 Å². The second-order valence-electron chi connectivity index (χ2n) is 5.39. The van der Waals surface area contributed by atoms with E-state index in [-0.39, 0.29) is 11.7 Å². The van der Waals surface area contributed by atoms with Gasteiger partial charge in [0.2, 0.25) is 0 Å². The highest BCUT2D eigenvalue weighted by Crippen LogP contribution is 2.32. The molecule has 2 atom stereocenters. The first-order valence-electron chi connectivity index (χ1n) is 6.96. The van der Waals surface area contributed by atoms with Gasteiger partial charge in [-0.2, -0.15) is 0 Å². The van der Waals surface area contributed by atoms with Gasteiger partial charge in [0.05, 0.1) is 0 Å². The standard InChI is InChI=1S/C16H21FO/c1-2-5-12-8-9-16(18)14(10-12)11-13-6-3-4-7-15(13)17/h3-4,6-7,12,14H,2,5,8-11H2,1H3. The van der Waals surface area contributed by atoms with E-state index >= 15 is 0 Å². The molecular weight excluding hydrogens is 227 g/mol. The predicted octanol–water partition coefficient (Wildman–Crippen LogP) is 4.15. The lowest BCUT2D eigenvalue weighted by Gasteiger charge is -2.28. The van der Waals surface area contributed by atoms with Crippen LogP contribution in [0.2, 0.25) is 0 Å². The molecule has 0 aromatic heterocycles. The molecular formula is C16H21FO. The number of halogens is 1. The van der Waals surface area contributed by atoms with E-state index in [1.165, 1.54) is 18.9 Å². The zero-order valence-corrected chi connectivity index (χ0v) is 11.0. The third-order valence-electron chi connectivity index (χ3n) is 3.99. The van der Waals surface area contributed by atoms with Crippen molar-refractivity contribution in [1.82, 2.24) is 0 Å². The summed E-state index contributed by atoms with van der Waals surface area (Å²) in [5.41, 5.74) is 0.688. The quantitative estimate of drug-likeness (QED) is 0.782. The Balaban J connectivity index is 2.03. The van der Waals surface area contributed by atoms with Crippen LogP contribution in [-0.2, 0) is 11.2 Å². The number of benzene rings is 1. The van der Waals surface area contributed by atoms with Gasteiger partial charge in [-0.25, -0.2) is 4.39 Å².